The molecule has 0 amide bonds. The lowest BCUT2D eigenvalue weighted by molar-refractivity contribution is 0.613. The van der Waals surface area contributed by atoms with Crippen molar-refractivity contribution >= 4 is 31.9 Å². The molecule has 0 aliphatic carbocycles. The number of rotatable bonds is 1. The Hall–Kier alpha value is 0.110. The SMILES string of the molecule is CCc1cc(Br)c(F)c(Br)c1. The van der Waals surface area contributed by atoms with Crippen LogP contribution in [0.1, 0.15) is 12.5 Å². The fourth-order valence-corrected chi connectivity index (χ4v) is 2.09. The summed E-state index contributed by atoms with van der Waals surface area (Å²) < 4.78 is 14.0. The lowest BCUT2D eigenvalue weighted by Gasteiger charge is -2.01. The van der Waals surface area contributed by atoms with Crippen molar-refractivity contribution in [2.45, 2.75) is 13.3 Å². The van der Waals surface area contributed by atoms with E-state index < -0.39 is 0 Å². The van der Waals surface area contributed by atoms with E-state index in [0.717, 1.165) is 12.0 Å². The first-order valence-electron chi connectivity index (χ1n) is 3.28. The first-order chi connectivity index (χ1) is 5.15. The molecule has 0 atom stereocenters. The number of aryl methyl sites for hydroxylation is 1. The second kappa shape index (κ2) is 3.68. The zero-order chi connectivity index (χ0) is 8.43. The van der Waals surface area contributed by atoms with Crippen molar-refractivity contribution in [3.8, 4) is 0 Å². The Morgan fingerprint density at radius 2 is 1.73 bits per heavy atom. The minimum absolute atomic E-state index is 0.234. The van der Waals surface area contributed by atoms with Crippen LogP contribution in [0.4, 0.5) is 4.39 Å². The summed E-state index contributed by atoms with van der Waals surface area (Å²) in [6.45, 7) is 2.03. The van der Waals surface area contributed by atoms with Gasteiger partial charge >= 0.3 is 0 Å². The molecule has 0 spiro atoms. The molecule has 1 rings (SSSR count). The van der Waals surface area contributed by atoms with Crippen LogP contribution in [0.2, 0.25) is 0 Å². The molecule has 3 heteroatoms. The van der Waals surface area contributed by atoms with Gasteiger partial charge in [-0.2, -0.15) is 0 Å². The highest BCUT2D eigenvalue weighted by Gasteiger charge is 2.04. The van der Waals surface area contributed by atoms with Gasteiger partial charge in [-0.05, 0) is 56.0 Å². The molecular weight excluding hydrogens is 275 g/mol. The van der Waals surface area contributed by atoms with Crippen LogP contribution in [-0.2, 0) is 6.42 Å². The number of hydrogen-bond acceptors (Lipinski definition) is 0. The summed E-state index contributed by atoms with van der Waals surface area (Å²) in [5.74, 6) is -0.234. The fraction of sp³-hybridized carbons (Fsp3) is 0.250. The van der Waals surface area contributed by atoms with E-state index in [4.69, 9.17) is 0 Å². The van der Waals surface area contributed by atoms with E-state index in [1.54, 1.807) is 12.1 Å². The van der Waals surface area contributed by atoms with Gasteiger partial charge in [0.15, 0.2) is 5.82 Å². The van der Waals surface area contributed by atoms with E-state index in [2.05, 4.69) is 31.9 Å². The van der Waals surface area contributed by atoms with Crippen LogP contribution in [0.5, 0.6) is 0 Å². The van der Waals surface area contributed by atoms with Crippen molar-refractivity contribution < 1.29 is 4.39 Å². The highest BCUT2D eigenvalue weighted by molar-refractivity contribution is 9.11. The summed E-state index contributed by atoms with van der Waals surface area (Å²) in [5, 5.41) is 0. The standard InChI is InChI=1S/C8H7Br2F/c1-2-5-3-6(9)8(11)7(10)4-5/h3-4H,2H2,1H3. The summed E-state index contributed by atoms with van der Waals surface area (Å²) in [6.07, 6.45) is 0.914. The zero-order valence-corrected chi connectivity index (χ0v) is 9.17. The van der Waals surface area contributed by atoms with Crippen molar-refractivity contribution in [2.24, 2.45) is 0 Å². The van der Waals surface area contributed by atoms with Gasteiger partial charge in [-0.25, -0.2) is 4.39 Å². The molecule has 0 aromatic heterocycles. The molecule has 0 heterocycles. The van der Waals surface area contributed by atoms with Crippen molar-refractivity contribution in [1.29, 1.82) is 0 Å². The number of halogens is 3. The van der Waals surface area contributed by atoms with E-state index in [0.29, 0.717) is 8.95 Å². The van der Waals surface area contributed by atoms with E-state index in [1.165, 1.54) is 0 Å². The van der Waals surface area contributed by atoms with Gasteiger partial charge in [0, 0.05) is 0 Å². The van der Waals surface area contributed by atoms with Crippen LogP contribution in [0.3, 0.4) is 0 Å². The first-order valence-corrected chi connectivity index (χ1v) is 4.87. The Labute approximate surface area is 82.1 Å². The molecule has 1 aromatic carbocycles. The normalized spacial score (nSPS) is 10.2. The van der Waals surface area contributed by atoms with Gasteiger partial charge in [-0.15, -0.1) is 0 Å². The third-order valence-electron chi connectivity index (χ3n) is 1.45. The molecule has 0 nitrogen and oxygen atoms in total. The molecular formula is C8H7Br2F. The van der Waals surface area contributed by atoms with Crippen LogP contribution in [0.25, 0.3) is 0 Å². The van der Waals surface area contributed by atoms with Crippen molar-refractivity contribution in [2.75, 3.05) is 0 Å². The first kappa shape index (κ1) is 9.20. The van der Waals surface area contributed by atoms with Gasteiger partial charge in [0.2, 0.25) is 0 Å². The monoisotopic (exact) mass is 280 g/mol. The molecule has 11 heavy (non-hydrogen) atoms. The summed E-state index contributed by atoms with van der Waals surface area (Å²) >= 11 is 6.27. The molecule has 0 saturated carbocycles. The molecule has 0 fully saturated rings. The van der Waals surface area contributed by atoms with Crippen LogP contribution < -0.4 is 0 Å². The maximum absolute atomic E-state index is 13.0. The third-order valence-corrected chi connectivity index (χ3v) is 2.61. The number of hydrogen-bond donors (Lipinski definition) is 0. The van der Waals surface area contributed by atoms with Crippen molar-refractivity contribution in [1.82, 2.24) is 0 Å². The van der Waals surface area contributed by atoms with Gasteiger partial charge < -0.3 is 0 Å². The maximum atomic E-state index is 13.0. The lowest BCUT2D eigenvalue weighted by Crippen LogP contribution is -1.85. The smallest absolute Gasteiger partial charge is 0.151 e. The molecule has 1 aromatic rings. The van der Waals surface area contributed by atoms with Gasteiger partial charge in [-0.1, -0.05) is 6.92 Å². The largest absolute Gasteiger partial charge is 0.205 e. The highest BCUT2D eigenvalue weighted by atomic mass is 79.9. The molecule has 60 valence electrons. The predicted octanol–water partition coefficient (Wildman–Crippen LogP) is 3.91. The Kier molecular flexibility index (Phi) is 3.07. The Morgan fingerprint density at radius 3 is 2.09 bits per heavy atom. The average molecular weight is 282 g/mol. The molecule has 0 unspecified atom stereocenters. The maximum Gasteiger partial charge on any atom is 0.151 e. The number of benzene rings is 1. The Morgan fingerprint density at radius 1 is 1.27 bits per heavy atom. The van der Waals surface area contributed by atoms with Gasteiger partial charge in [-0.3, -0.25) is 0 Å². The topological polar surface area (TPSA) is 0 Å². The van der Waals surface area contributed by atoms with E-state index >= 15 is 0 Å². The van der Waals surface area contributed by atoms with Crippen LogP contribution in [0, 0.1) is 5.82 Å². The molecule has 0 aliphatic heterocycles. The fourth-order valence-electron chi connectivity index (χ4n) is 0.812. The summed E-state index contributed by atoms with van der Waals surface area (Å²) in [7, 11) is 0. The minimum atomic E-state index is -0.234. The molecule has 0 bridgehead atoms. The van der Waals surface area contributed by atoms with E-state index in [1.807, 2.05) is 6.92 Å². The van der Waals surface area contributed by atoms with Crippen LogP contribution in [0.15, 0.2) is 21.1 Å². The lowest BCUT2D eigenvalue weighted by atomic mass is 10.2. The van der Waals surface area contributed by atoms with E-state index in [9.17, 15) is 4.39 Å². The zero-order valence-electron chi connectivity index (χ0n) is 6.00. The molecule has 0 saturated heterocycles. The Balaban J connectivity index is 3.21. The Bertz CT molecular complexity index is 248. The van der Waals surface area contributed by atoms with Crippen LogP contribution in [-0.4, -0.2) is 0 Å². The second-order valence-electron chi connectivity index (χ2n) is 2.23. The van der Waals surface area contributed by atoms with Crippen molar-refractivity contribution in [3.05, 3.63) is 32.5 Å². The quantitative estimate of drug-likeness (QED) is 0.685. The van der Waals surface area contributed by atoms with E-state index in [-0.39, 0.29) is 5.82 Å². The minimum Gasteiger partial charge on any atom is -0.205 e. The summed E-state index contributed by atoms with van der Waals surface area (Å²) in [4.78, 5) is 0. The molecule has 0 N–H and O–H groups in total. The van der Waals surface area contributed by atoms with Crippen LogP contribution >= 0.6 is 31.9 Å². The third kappa shape index (κ3) is 2.03. The molecule has 0 aliphatic rings. The van der Waals surface area contributed by atoms with Gasteiger partial charge in [0.25, 0.3) is 0 Å². The van der Waals surface area contributed by atoms with Gasteiger partial charge in [0.05, 0.1) is 8.95 Å². The van der Waals surface area contributed by atoms with Gasteiger partial charge in [0.1, 0.15) is 0 Å². The summed E-state index contributed by atoms with van der Waals surface area (Å²) in [6, 6.07) is 3.58. The second-order valence-corrected chi connectivity index (χ2v) is 3.94. The summed E-state index contributed by atoms with van der Waals surface area (Å²) in [5.41, 5.74) is 1.12. The van der Waals surface area contributed by atoms with Crippen molar-refractivity contribution in [3.63, 3.8) is 0 Å². The molecule has 0 radical (unpaired) electrons. The average Bonchev–Trinajstić information content (AvgIpc) is 1.99. The predicted molar refractivity (Wildman–Crippen MR) is 51.2 cm³/mol. The highest BCUT2D eigenvalue weighted by Crippen LogP contribution is 2.25.